The van der Waals surface area contributed by atoms with Crippen LogP contribution in [-0.2, 0) is 12.8 Å². The third-order valence-electron chi connectivity index (χ3n) is 7.35. The highest BCUT2D eigenvalue weighted by atomic mass is 16.2. The number of hydrogen-bond acceptors (Lipinski definition) is 2. The summed E-state index contributed by atoms with van der Waals surface area (Å²) in [5.74, 6) is 0.108. The Morgan fingerprint density at radius 1 is 1.00 bits per heavy atom. The number of aryl methyl sites for hydroxylation is 1. The summed E-state index contributed by atoms with van der Waals surface area (Å²) >= 11 is 0. The van der Waals surface area contributed by atoms with Crippen LogP contribution < -0.4 is 10.2 Å². The maximum Gasteiger partial charge on any atom is 0.258 e. The Morgan fingerprint density at radius 3 is 2.70 bits per heavy atom. The maximum absolute atomic E-state index is 13.2. The quantitative estimate of drug-likeness (QED) is 0.407. The molecule has 0 radical (unpaired) electrons. The molecule has 0 fully saturated rings. The van der Waals surface area contributed by atoms with Crippen molar-refractivity contribution in [3.05, 3.63) is 101 Å². The summed E-state index contributed by atoms with van der Waals surface area (Å²) in [6.07, 6.45) is 4.27. The van der Waals surface area contributed by atoms with Crippen LogP contribution in [-0.4, -0.2) is 17.4 Å². The van der Waals surface area contributed by atoms with Gasteiger partial charge in [-0.05, 0) is 73.6 Å². The zero-order valence-electron chi connectivity index (χ0n) is 19.0. The second-order valence-corrected chi connectivity index (χ2v) is 9.35. The Kier molecular flexibility index (Phi) is 5.03. The fraction of sp³-hybridized carbons (Fsp3) is 0.276. The lowest BCUT2D eigenvalue weighted by Gasteiger charge is -2.29. The van der Waals surface area contributed by atoms with Crippen LogP contribution in [0.15, 0.2) is 72.8 Å². The molecule has 3 aromatic carbocycles. The number of nitrogens with one attached hydrogen (secondary N) is 2. The highest BCUT2D eigenvalue weighted by molar-refractivity contribution is 6.09. The van der Waals surface area contributed by atoms with Gasteiger partial charge in [-0.15, -0.1) is 0 Å². The molecule has 1 amide bonds. The van der Waals surface area contributed by atoms with E-state index in [-0.39, 0.29) is 11.9 Å². The summed E-state index contributed by atoms with van der Waals surface area (Å²) < 4.78 is 0. The first-order chi connectivity index (χ1) is 16.2. The van der Waals surface area contributed by atoms with Gasteiger partial charge in [0.25, 0.3) is 5.91 Å². The number of hydrogen-bond donors (Lipinski definition) is 2. The number of carbonyl (C=O) groups excluding carboxylic acids is 1. The fourth-order valence-corrected chi connectivity index (χ4v) is 5.60. The van der Waals surface area contributed by atoms with Crippen molar-refractivity contribution in [2.75, 3.05) is 11.4 Å². The first-order valence-electron chi connectivity index (χ1n) is 12.0. The van der Waals surface area contributed by atoms with Gasteiger partial charge in [0.2, 0.25) is 0 Å². The molecule has 6 rings (SSSR count). The summed E-state index contributed by atoms with van der Waals surface area (Å²) in [6.45, 7) is 2.97. The van der Waals surface area contributed by atoms with Crippen LogP contribution in [0.3, 0.4) is 0 Å². The number of anilines is 1. The van der Waals surface area contributed by atoms with E-state index < -0.39 is 0 Å². The van der Waals surface area contributed by atoms with Crippen LogP contribution in [0.2, 0.25) is 0 Å². The Bertz CT molecular complexity index is 1320. The van der Waals surface area contributed by atoms with Crippen molar-refractivity contribution < 1.29 is 4.79 Å². The van der Waals surface area contributed by atoms with Crippen molar-refractivity contribution in [2.24, 2.45) is 0 Å². The van der Waals surface area contributed by atoms with E-state index in [1.165, 1.54) is 28.6 Å². The minimum atomic E-state index is 0.108. The number of rotatable bonds is 4. The normalized spacial score (nSPS) is 18.8. The molecule has 4 aromatic rings. The van der Waals surface area contributed by atoms with Crippen molar-refractivity contribution in [1.82, 2.24) is 10.3 Å². The molecular weight excluding hydrogens is 406 g/mol. The monoisotopic (exact) mass is 435 g/mol. The van der Waals surface area contributed by atoms with Crippen LogP contribution in [0.25, 0.3) is 10.9 Å². The topological polar surface area (TPSA) is 48.1 Å². The fourth-order valence-electron chi connectivity index (χ4n) is 5.60. The number of amides is 1. The van der Waals surface area contributed by atoms with E-state index in [0.29, 0.717) is 6.04 Å². The summed E-state index contributed by atoms with van der Waals surface area (Å²) in [7, 11) is 0. The zero-order chi connectivity index (χ0) is 22.4. The zero-order valence-corrected chi connectivity index (χ0v) is 19.0. The number of carbonyl (C=O) groups is 1. The van der Waals surface area contributed by atoms with Gasteiger partial charge in [-0.25, -0.2) is 0 Å². The molecule has 1 aromatic heterocycles. The van der Waals surface area contributed by atoms with Gasteiger partial charge in [0.15, 0.2) is 0 Å². The Hall–Kier alpha value is -3.37. The van der Waals surface area contributed by atoms with Crippen LogP contribution in [0.5, 0.6) is 0 Å². The number of aromatic nitrogens is 1. The summed E-state index contributed by atoms with van der Waals surface area (Å²) in [5.41, 5.74) is 8.17. The van der Waals surface area contributed by atoms with Crippen molar-refractivity contribution in [1.29, 1.82) is 0 Å². The van der Waals surface area contributed by atoms with E-state index in [0.717, 1.165) is 48.1 Å². The molecule has 1 aliphatic heterocycles. The highest BCUT2D eigenvalue weighted by Gasteiger charge is 2.28. The van der Waals surface area contributed by atoms with Gasteiger partial charge in [-0.3, -0.25) is 4.79 Å². The molecule has 2 atom stereocenters. The Balaban J connectivity index is 1.32. The van der Waals surface area contributed by atoms with Gasteiger partial charge in [-0.2, -0.15) is 0 Å². The van der Waals surface area contributed by atoms with Gasteiger partial charge >= 0.3 is 0 Å². The maximum atomic E-state index is 13.2. The predicted octanol–water partition coefficient (Wildman–Crippen LogP) is 6.10. The third-order valence-corrected chi connectivity index (χ3v) is 7.35. The van der Waals surface area contributed by atoms with Gasteiger partial charge in [-0.1, -0.05) is 48.5 Å². The van der Waals surface area contributed by atoms with Gasteiger partial charge < -0.3 is 15.2 Å². The predicted molar refractivity (Wildman–Crippen MR) is 134 cm³/mol. The van der Waals surface area contributed by atoms with Crippen molar-refractivity contribution in [3.8, 4) is 0 Å². The third kappa shape index (κ3) is 3.55. The van der Waals surface area contributed by atoms with Crippen LogP contribution >= 0.6 is 0 Å². The first kappa shape index (κ1) is 20.3. The van der Waals surface area contributed by atoms with Crippen LogP contribution in [0.4, 0.5) is 5.69 Å². The smallest absolute Gasteiger partial charge is 0.258 e. The number of benzene rings is 3. The number of fused-ring (bicyclic) bond motifs is 4. The van der Waals surface area contributed by atoms with Crippen LogP contribution in [0.1, 0.15) is 64.6 Å². The van der Waals surface area contributed by atoms with Crippen molar-refractivity contribution >= 4 is 22.5 Å². The Labute approximate surface area is 194 Å². The summed E-state index contributed by atoms with van der Waals surface area (Å²) in [5, 5.41) is 5.11. The Morgan fingerprint density at radius 2 is 1.82 bits per heavy atom. The first-order valence-corrected chi connectivity index (χ1v) is 12.0. The average Bonchev–Trinajstić information content (AvgIpc) is 3.24. The van der Waals surface area contributed by atoms with E-state index in [1.807, 2.05) is 23.1 Å². The highest BCUT2D eigenvalue weighted by Crippen LogP contribution is 2.38. The second kappa shape index (κ2) is 8.20. The molecule has 4 nitrogen and oxygen atoms in total. The summed E-state index contributed by atoms with van der Waals surface area (Å²) in [4.78, 5) is 18.9. The van der Waals surface area contributed by atoms with E-state index in [2.05, 4.69) is 71.8 Å². The SMILES string of the molecule is C[C@@H](NC1CCCc2c1[nH]c1ccc(N3CCc4ccccc4C3=O)cc21)c1ccccc1. The van der Waals surface area contributed by atoms with E-state index in [4.69, 9.17) is 0 Å². The molecule has 1 aliphatic carbocycles. The molecule has 166 valence electrons. The molecule has 33 heavy (non-hydrogen) atoms. The van der Waals surface area contributed by atoms with Gasteiger partial charge in [0.05, 0.1) is 0 Å². The molecule has 4 heteroatoms. The standard InChI is InChI=1S/C29H29N3O/c1-19(20-8-3-2-4-9-20)30-27-13-7-12-24-25-18-22(14-15-26(25)31-28(24)27)32-17-16-21-10-5-6-11-23(21)29(32)33/h2-6,8-11,14-15,18-19,27,30-31H,7,12-13,16-17H2,1H3/t19-,27?/m1/s1. The number of nitrogens with zero attached hydrogens (tertiary/aromatic N) is 1. The molecule has 2 N–H and O–H groups in total. The molecule has 0 saturated carbocycles. The van der Waals surface area contributed by atoms with Crippen molar-refractivity contribution in [2.45, 2.75) is 44.7 Å². The minimum absolute atomic E-state index is 0.108. The molecule has 2 heterocycles. The van der Waals surface area contributed by atoms with Gasteiger partial charge in [0, 0.05) is 46.5 Å². The minimum Gasteiger partial charge on any atom is -0.357 e. The molecule has 0 saturated heterocycles. The lowest BCUT2D eigenvalue weighted by molar-refractivity contribution is 0.0980. The largest absolute Gasteiger partial charge is 0.357 e. The van der Waals surface area contributed by atoms with E-state index in [1.54, 1.807) is 0 Å². The van der Waals surface area contributed by atoms with Crippen molar-refractivity contribution in [3.63, 3.8) is 0 Å². The lowest BCUT2D eigenvalue weighted by atomic mass is 9.90. The second-order valence-electron chi connectivity index (χ2n) is 9.35. The number of aromatic amines is 1. The molecule has 0 bridgehead atoms. The molecule has 0 spiro atoms. The average molecular weight is 436 g/mol. The summed E-state index contributed by atoms with van der Waals surface area (Å²) in [6, 6.07) is 25.7. The molecule has 2 aliphatic rings. The number of H-pyrrole nitrogens is 1. The molecular formula is C29H29N3O. The van der Waals surface area contributed by atoms with E-state index >= 15 is 0 Å². The molecule has 1 unspecified atom stereocenters. The lowest BCUT2D eigenvalue weighted by Crippen LogP contribution is -2.37. The van der Waals surface area contributed by atoms with Gasteiger partial charge in [0.1, 0.15) is 0 Å². The van der Waals surface area contributed by atoms with Crippen LogP contribution in [0, 0.1) is 0 Å². The van der Waals surface area contributed by atoms with E-state index in [9.17, 15) is 4.79 Å².